The highest BCUT2D eigenvalue weighted by Gasteiger charge is 2.27. The normalized spacial score (nSPS) is 13.9. The lowest BCUT2D eigenvalue weighted by atomic mass is 9.87. The molecule has 6 nitrogen and oxygen atoms in total. The number of amides is 1. The standard InChI is InChI=1S/C13H21N3O3S/c1-8-5-6-9(7-10(8)20(15,18)19)16-12(17)11(14)13(2,3)4/h5-7,11H,14H2,1-4H3,(H,16,17)(H2,15,18,19)/t11-/m0/s1. The van der Waals surface area contributed by atoms with Crippen LogP contribution in [0.5, 0.6) is 0 Å². The summed E-state index contributed by atoms with van der Waals surface area (Å²) in [5.74, 6) is -0.373. The van der Waals surface area contributed by atoms with Crippen molar-refractivity contribution in [1.29, 1.82) is 0 Å². The highest BCUT2D eigenvalue weighted by molar-refractivity contribution is 7.89. The number of carbonyl (C=O) groups is 1. The number of benzene rings is 1. The molecule has 0 aliphatic carbocycles. The van der Waals surface area contributed by atoms with Gasteiger partial charge in [0.25, 0.3) is 0 Å². The summed E-state index contributed by atoms with van der Waals surface area (Å²) in [6.07, 6.45) is 0. The van der Waals surface area contributed by atoms with Crippen molar-refractivity contribution in [2.24, 2.45) is 16.3 Å². The van der Waals surface area contributed by atoms with Gasteiger partial charge in [-0.15, -0.1) is 0 Å². The highest BCUT2D eigenvalue weighted by Crippen LogP contribution is 2.21. The van der Waals surface area contributed by atoms with Crippen LogP contribution in [0.15, 0.2) is 23.1 Å². The Balaban J connectivity index is 3.04. The first-order valence-corrected chi connectivity index (χ1v) is 7.67. The maximum absolute atomic E-state index is 12.0. The van der Waals surface area contributed by atoms with Gasteiger partial charge in [0.2, 0.25) is 15.9 Å². The van der Waals surface area contributed by atoms with E-state index in [1.165, 1.54) is 6.07 Å². The van der Waals surface area contributed by atoms with Gasteiger partial charge in [-0.2, -0.15) is 0 Å². The molecule has 0 aliphatic heterocycles. The molecule has 1 rings (SSSR count). The lowest BCUT2D eigenvalue weighted by Crippen LogP contribution is -2.45. The molecule has 112 valence electrons. The zero-order valence-corrected chi connectivity index (χ0v) is 12.9. The number of carbonyl (C=O) groups excluding carboxylic acids is 1. The van der Waals surface area contributed by atoms with E-state index in [4.69, 9.17) is 10.9 Å². The Bertz CT molecular complexity index is 618. The van der Waals surface area contributed by atoms with Crippen molar-refractivity contribution in [2.75, 3.05) is 5.32 Å². The van der Waals surface area contributed by atoms with Crippen LogP contribution in [-0.2, 0) is 14.8 Å². The molecular formula is C13H21N3O3S. The molecule has 0 saturated heterocycles. The minimum Gasteiger partial charge on any atom is -0.325 e. The first-order chi connectivity index (χ1) is 8.93. The summed E-state index contributed by atoms with van der Waals surface area (Å²) in [5.41, 5.74) is 6.32. The number of nitrogens with two attached hydrogens (primary N) is 2. The van der Waals surface area contributed by atoms with Crippen molar-refractivity contribution >= 4 is 21.6 Å². The van der Waals surface area contributed by atoms with Crippen molar-refractivity contribution in [3.8, 4) is 0 Å². The van der Waals surface area contributed by atoms with Gasteiger partial charge < -0.3 is 11.1 Å². The largest absolute Gasteiger partial charge is 0.325 e. The number of sulfonamides is 1. The summed E-state index contributed by atoms with van der Waals surface area (Å²) in [6.45, 7) is 7.18. The first-order valence-electron chi connectivity index (χ1n) is 6.13. The van der Waals surface area contributed by atoms with Crippen molar-refractivity contribution in [3.05, 3.63) is 23.8 Å². The van der Waals surface area contributed by atoms with Crippen LogP contribution in [0, 0.1) is 12.3 Å². The van der Waals surface area contributed by atoms with Crippen LogP contribution in [0.2, 0.25) is 0 Å². The number of hydrogen-bond acceptors (Lipinski definition) is 4. The molecule has 1 amide bonds. The molecule has 0 aromatic heterocycles. The zero-order chi connectivity index (χ0) is 15.7. The van der Waals surface area contributed by atoms with Gasteiger partial charge in [0, 0.05) is 5.69 Å². The Morgan fingerprint density at radius 1 is 1.30 bits per heavy atom. The van der Waals surface area contributed by atoms with Crippen molar-refractivity contribution in [1.82, 2.24) is 0 Å². The molecule has 0 unspecified atom stereocenters. The van der Waals surface area contributed by atoms with Gasteiger partial charge in [-0.1, -0.05) is 26.8 Å². The van der Waals surface area contributed by atoms with Crippen LogP contribution in [0.4, 0.5) is 5.69 Å². The fraction of sp³-hybridized carbons (Fsp3) is 0.462. The molecule has 0 radical (unpaired) electrons. The summed E-state index contributed by atoms with van der Waals surface area (Å²) < 4.78 is 22.9. The monoisotopic (exact) mass is 299 g/mol. The zero-order valence-electron chi connectivity index (χ0n) is 12.1. The third-order valence-electron chi connectivity index (χ3n) is 2.98. The molecular weight excluding hydrogens is 278 g/mol. The fourth-order valence-electron chi connectivity index (χ4n) is 1.60. The van der Waals surface area contributed by atoms with E-state index >= 15 is 0 Å². The second-order valence-electron chi connectivity index (χ2n) is 5.86. The third-order valence-corrected chi connectivity index (χ3v) is 4.03. The van der Waals surface area contributed by atoms with E-state index in [1.54, 1.807) is 19.1 Å². The average Bonchev–Trinajstić information content (AvgIpc) is 2.27. The molecule has 0 heterocycles. The average molecular weight is 299 g/mol. The SMILES string of the molecule is Cc1ccc(NC(=O)[C@H](N)C(C)(C)C)cc1S(N)(=O)=O. The topological polar surface area (TPSA) is 115 Å². The van der Waals surface area contributed by atoms with Crippen LogP contribution in [0.25, 0.3) is 0 Å². The van der Waals surface area contributed by atoms with Crippen molar-refractivity contribution < 1.29 is 13.2 Å². The maximum atomic E-state index is 12.0. The predicted octanol–water partition coefficient (Wildman–Crippen LogP) is 0.954. The maximum Gasteiger partial charge on any atom is 0.241 e. The number of hydrogen-bond donors (Lipinski definition) is 3. The van der Waals surface area contributed by atoms with Gasteiger partial charge in [-0.05, 0) is 30.0 Å². The molecule has 0 bridgehead atoms. The van der Waals surface area contributed by atoms with Crippen LogP contribution in [0.3, 0.4) is 0 Å². The molecule has 1 aromatic rings. The number of rotatable bonds is 3. The van der Waals surface area contributed by atoms with Gasteiger partial charge in [0.1, 0.15) is 0 Å². The molecule has 7 heteroatoms. The smallest absolute Gasteiger partial charge is 0.241 e. The first kappa shape index (κ1) is 16.6. The fourth-order valence-corrected chi connectivity index (χ4v) is 2.41. The summed E-state index contributed by atoms with van der Waals surface area (Å²) in [5, 5.41) is 7.73. The van der Waals surface area contributed by atoms with E-state index < -0.39 is 21.5 Å². The molecule has 1 atom stereocenters. The Kier molecular flexibility index (Phi) is 4.58. The Morgan fingerprint density at radius 2 is 1.85 bits per heavy atom. The van der Waals surface area contributed by atoms with E-state index in [-0.39, 0.29) is 10.8 Å². The minimum absolute atomic E-state index is 0.0142. The minimum atomic E-state index is -3.82. The van der Waals surface area contributed by atoms with Crippen molar-refractivity contribution in [3.63, 3.8) is 0 Å². The second kappa shape index (κ2) is 5.51. The Morgan fingerprint density at radius 3 is 2.30 bits per heavy atom. The second-order valence-corrected chi connectivity index (χ2v) is 7.39. The van der Waals surface area contributed by atoms with E-state index in [2.05, 4.69) is 5.32 Å². The summed E-state index contributed by atoms with van der Waals surface area (Å²) in [6, 6.07) is 3.81. The highest BCUT2D eigenvalue weighted by atomic mass is 32.2. The molecule has 0 saturated carbocycles. The lowest BCUT2D eigenvalue weighted by molar-refractivity contribution is -0.119. The van der Waals surface area contributed by atoms with Gasteiger partial charge in [-0.25, -0.2) is 13.6 Å². The van der Waals surface area contributed by atoms with Crippen LogP contribution < -0.4 is 16.2 Å². The van der Waals surface area contributed by atoms with Crippen LogP contribution >= 0.6 is 0 Å². The molecule has 0 fully saturated rings. The Hall–Kier alpha value is -1.44. The van der Waals surface area contributed by atoms with E-state index in [0.29, 0.717) is 11.3 Å². The molecule has 5 N–H and O–H groups in total. The molecule has 1 aromatic carbocycles. The van der Waals surface area contributed by atoms with Gasteiger partial charge in [0.05, 0.1) is 10.9 Å². The number of anilines is 1. The van der Waals surface area contributed by atoms with Gasteiger partial charge in [0.15, 0.2) is 0 Å². The van der Waals surface area contributed by atoms with E-state index in [0.717, 1.165) is 0 Å². The summed E-state index contributed by atoms with van der Waals surface area (Å²) in [4.78, 5) is 12.0. The van der Waals surface area contributed by atoms with Crippen molar-refractivity contribution in [2.45, 2.75) is 38.6 Å². The quantitative estimate of drug-likeness (QED) is 0.770. The van der Waals surface area contributed by atoms with Gasteiger partial charge in [-0.3, -0.25) is 4.79 Å². The molecule has 0 spiro atoms. The molecule has 20 heavy (non-hydrogen) atoms. The summed E-state index contributed by atoms with van der Waals surface area (Å²) >= 11 is 0. The summed E-state index contributed by atoms with van der Waals surface area (Å²) in [7, 11) is -3.82. The van der Waals surface area contributed by atoms with Gasteiger partial charge >= 0.3 is 0 Å². The Labute approximate surface area is 119 Å². The van der Waals surface area contributed by atoms with Crippen LogP contribution in [0.1, 0.15) is 26.3 Å². The lowest BCUT2D eigenvalue weighted by Gasteiger charge is -2.25. The molecule has 0 aliphatic rings. The number of aryl methyl sites for hydroxylation is 1. The van der Waals surface area contributed by atoms with E-state index in [9.17, 15) is 13.2 Å². The van der Waals surface area contributed by atoms with Crippen LogP contribution in [-0.4, -0.2) is 20.4 Å². The third kappa shape index (κ3) is 4.03. The predicted molar refractivity (Wildman–Crippen MR) is 78.6 cm³/mol. The van der Waals surface area contributed by atoms with E-state index in [1.807, 2.05) is 20.8 Å². The number of nitrogens with one attached hydrogen (secondary N) is 1. The number of primary sulfonamides is 1.